The molecule has 0 N–H and O–H groups in total. The molecule has 0 fully saturated rings. The van der Waals surface area contributed by atoms with Crippen LogP contribution in [-0.2, 0) is 9.59 Å². The molecule has 2 rings (SSSR count). The zero-order valence-corrected chi connectivity index (χ0v) is 14.8. The van der Waals surface area contributed by atoms with Crippen LogP contribution in [0.25, 0.3) is 6.08 Å². The molecule has 1 aromatic rings. The summed E-state index contributed by atoms with van der Waals surface area (Å²) in [7, 11) is 3.07. The van der Waals surface area contributed by atoms with E-state index < -0.39 is 11.8 Å². The molecule has 1 aliphatic heterocycles. The summed E-state index contributed by atoms with van der Waals surface area (Å²) in [4.78, 5) is 26.2. The second kappa shape index (κ2) is 7.67. The Kier molecular flexibility index (Phi) is 5.60. The van der Waals surface area contributed by atoms with E-state index in [1.54, 1.807) is 38.3 Å². The van der Waals surface area contributed by atoms with Crippen molar-refractivity contribution in [2.24, 2.45) is 0 Å². The maximum atomic E-state index is 12.7. The van der Waals surface area contributed by atoms with Gasteiger partial charge in [-0.1, -0.05) is 13.0 Å². The summed E-state index contributed by atoms with van der Waals surface area (Å²) in [5.74, 6) is 0.186. The van der Waals surface area contributed by atoms with E-state index in [-0.39, 0.29) is 12.1 Å². The van der Waals surface area contributed by atoms with Crippen LogP contribution in [-0.4, -0.2) is 37.5 Å². The molecule has 0 unspecified atom stereocenters. The molecule has 6 heteroatoms. The first-order valence-corrected chi connectivity index (χ1v) is 7.89. The predicted octanol–water partition coefficient (Wildman–Crippen LogP) is 2.71. The predicted molar refractivity (Wildman–Crippen MR) is 92.8 cm³/mol. The van der Waals surface area contributed by atoms with Gasteiger partial charge in [-0.15, -0.1) is 0 Å². The van der Waals surface area contributed by atoms with Gasteiger partial charge in [0, 0.05) is 12.1 Å². The number of ether oxygens (including phenoxy) is 2. The molecule has 0 bridgehead atoms. The van der Waals surface area contributed by atoms with E-state index in [9.17, 15) is 14.9 Å². The van der Waals surface area contributed by atoms with E-state index in [1.807, 2.05) is 13.0 Å². The number of methoxy groups -OCH3 is 2. The highest BCUT2D eigenvalue weighted by Gasteiger charge is 2.34. The van der Waals surface area contributed by atoms with E-state index in [1.165, 1.54) is 7.11 Å². The van der Waals surface area contributed by atoms with Crippen LogP contribution in [0.15, 0.2) is 34.9 Å². The number of amides is 2. The SMILES string of the molecule is CCCN1C(=O)C(C#N)=C(C)/C(=C\c2ccc(OC)c(OC)c2)C1=O. The lowest BCUT2D eigenvalue weighted by atomic mass is 9.93. The molecular formula is C19H20N2O4. The summed E-state index contributed by atoms with van der Waals surface area (Å²) >= 11 is 0. The number of nitrogens with zero attached hydrogens (tertiary/aromatic N) is 2. The minimum Gasteiger partial charge on any atom is -0.493 e. The number of hydrogen-bond donors (Lipinski definition) is 0. The zero-order chi connectivity index (χ0) is 18.6. The number of carbonyl (C=O) groups is 2. The summed E-state index contributed by atoms with van der Waals surface area (Å²) in [6.07, 6.45) is 2.28. The van der Waals surface area contributed by atoms with Crippen molar-refractivity contribution in [2.75, 3.05) is 20.8 Å². The molecule has 0 radical (unpaired) electrons. The van der Waals surface area contributed by atoms with Crippen molar-refractivity contribution in [3.05, 3.63) is 40.5 Å². The molecule has 25 heavy (non-hydrogen) atoms. The zero-order valence-electron chi connectivity index (χ0n) is 14.8. The second-order valence-electron chi connectivity index (χ2n) is 5.55. The number of carbonyl (C=O) groups excluding carboxylic acids is 2. The van der Waals surface area contributed by atoms with Gasteiger partial charge in [-0.2, -0.15) is 5.26 Å². The smallest absolute Gasteiger partial charge is 0.271 e. The molecule has 0 atom stereocenters. The van der Waals surface area contributed by atoms with Crippen LogP contribution < -0.4 is 9.47 Å². The number of hydrogen-bond acceptors (Lipinski definition) is 5. The van der Waals surface area contributed by atoms with Gasteiger partial charge in [-0.05, 0) is 42.7 Å². The quantitative estimate of drug-likeness (QED) is 0.608. The summed E-state index contributed by atoms with van der Waals surface area (Å²) in [6.45, 7) is 3.76. The van der Waals surface area contributed by atoms with Gasteiger partial charge in [0.1, 0.15) is 11.6 Å². The Morgan fingerprint density at radius 2 is 1.84 bits per heavy atom. The van der Waals surface area contributed by atoms with Crippen molar-refractivity contribution in [1.82, 2.24) is 4.90 Å². The summed E-state index contributed by atoms with van der Waals surface area (Å²) < 4.78 is 10.5. The highest BCUT2D eigenvalue weighted by atomic mass is 16.5. The van der Waals surface area contributed by atoms with E-state index in [4.69, 9.17) is 9.47 Å². The molecule has 1 heterocycles. The maximum Gasteiger partial charge on any atom is 0.271 e. The third-order valence-electron chi connectivity index (χ3n) is 3.99. The number of benzene rings is 1. The Labute approximate surface area is 146 Å². The summed E-state index contributed by atoms with van der Waals surface area (Å²) in [6, 6.07) is 7.17. The molecular weight excluding hydrogens is 320 g/mol. The Morgan fingerprint density at radius 3 is 2.40 bits per heavy atom. The van der Waals surface area contributed by atoms with Crippen LogP contribution in [0.2, 0.25) is 0 Å². The van der Waals surface area contributed by atoms with Gasteiger partial charge in [0.05, 0.1) is 14.2 Å². The van der Waals surface area contributed by atoms with Crippen LogP contribution >= 0.6 is 0 Å². The van der Waals surface area contributed by atoms with Crippen molar-refractivity contribution in [3.63, 3.8) is 0 Å². The van der Waals surface area contributed by atoms with Crippen LogP contribution in [0.5, 0.6) is 11.5 Å². The van der Waals surface area contributed by atoms with E-state index in [0.717, 1.165) is 4.90 Å². The lowest BCUT2D eigenvalue weighted by Crippen LogP contribution is -2.43. The van der Waals surface area contributed by atoms with Crippen molar-refractivity contribution < 1.29 is 19.1 Å². The number of rotatable bonds is 5. The fraction of sp³-hybridized carbons (Fsp3) is 0.316. The minimum absolute atomic E-state index is 0.000207. The second-order valence-corrected chi connectivity index (χ2v) is 5.55. The van der Waals surface area contributed by atoms with Crippen LogP contribution in [0.4, 0.5) is 0 Å². The molecule has 1 aliphatic rings. The Bertz CT molecular complexity index is 815. The van der Waals surface area contributed by atoms with Gasteiger partial charge in [0.2, 0.25) is 0 Å². The van der Waals surface area contributed by atoms with Crippen LogP contribution in [0.1, 0.15) is 25.8 Å². The maximum absolute atomic E-state index is 12.7. The van der Waals surface area contributed by atoms with Gasteiger partial charge in [-0.3, -0.25) is 14.5 Å². The normalized spacial score (nSPS) is 16.3. The van der Waals surface area contributed by atoms with Crippen molar-refractivity contribution in [3.8, 4) is 17.6 Å². The molecule has 2 amide bonds. The fourth-order valence-corrected chi connectivity index (χ4v) is 2.67. The topological polar surface area (TPSA) is 79.6 Å². The summed E-state index contributed by atoms with van der Waals surface area (Å²) in [5.41, 5.74) is 1.43. The van der Waals surface area contributed by atoms with Crippen LogP contribution in [0, 0.1) is 11.3 Å². The first-order valence-electron chi connectivity index (χ1n) is 7.89. The molecule has 0 saturated heterocycles. The van der Waals surface area contributed by atoms with Crippen molar-refractivity contribution in [1.29, 1.82) is 5.26 Å². The van der Waals surface area contributed by atoms with Gasteiger partial charge in [0.25, 0.3) is 11.8 Å². The molecule has 6 nitrogen and oxygen atoms in total. The Morgan fingerprint density at radius 1 is 1.16 bits per heavy atom. The largest absolute Gasteiger partial charge is 0.493 e. The van der Waals surface area contributed by atoms with Gasteiger partial charge < -0.3 is 9.47 Å². The van der Waals surface area contributed by atoms with E-state index in [0.29, 0.717) is 34.6 Å². The average Bonchev–Trinajstić information content (AvgIpc) is 2.62. The molecule has 0 aromatic heterocycles. The van der Waals surface area contributed by atoms with Gasteiger partial charge in [0.15, 0.2) is 11.5 Å². The third kappa shape index (κ3) is 3.41. The lowest BCUT2D eigenvalue weighted by molar-refractivity contribution is -0.140. The van der Waals surface area contributed by atoms with Gasteiger partial charge in [-0.25, -0.2) is 0 Å². The molecule has 0 saturated carbocycles. The first-order chi connectivity index (χ1) is 12.0. The minimum atomic E-state index is -0.531. The van der Waals surface area contributed by atoms with E-state index in [2.05, 4.69) is 0 Å². The number of imide groups is 1. The standard InChI is InChI=1S/C19H20N2O4/c1-5-8-21-18(22)14(12(2)15(11-20)19(21)23)9-13-6-7-16(24-3)17(10-13)25-4/h6-7,9-10H,5,8H2,1-4H3/b14-9+. The molecule has 1 aromatic carbocycles. The Balaban J connectivity index is 2.57. The molecule has 130 valence electrons. The summed E-state index contributed by atoms with van der Waals surface area (Å²) in [5, 5.41) is 9.31. The van der Waals surface area contributed by atoms with Crippen molar-refractivity contribution >= 4 is 17.9 Å². The first kappa shape index (κ1) is 18.3. The highest BCUT2D eigenvalue weighted by Crippen LogP contribution is 2.31. The fourth-order valence-electron chi connectivity index (χ4n) is 2.67. The van der Waals surface area contributed by atoms with E-state index >= 15 is 0 Å². The Hall–Kier alpha value is -3.07. The average molecular weight is 340 g/mol. The van der Waals surface area contributed by atoms with Gasteiger partial charge >= 0.3 is 0 Å². The molecule has 0 aliphatic carbocycles. The number of nitriles is 1. The highest BCUT2D eigenvalue weighted by molar-refractivity contribution is 6.19. The lowest BCUT2D eigenvalue weighted by Gasteiger charge is -2.27. The third-order valence-corrected chi connectivity index (χ3v) is 3.99. The monoisotopic (exact) mass is 340 g/mol. The molecule has 0 spiro atoms. The van der Waals surface area contributed by atoms with Crippen LogP contribution in [0.3, 0.4) is 0 Å². The van der Waals surface area contributed by atoms with Crippen molar-refractivity contribution in [2.45, 2.75) is 20.3 Å².